The van der Waals surface area contributed by atoms with Gasteiger partial charge < -0.3 is 14.2 Å². The molecule has 1 unspecified atom stereocenters. The number of hydrogen-bond acceptors (Lipinski definition) is 6. The standard InChI is InChI=1S/C57H92O6/c1-4-7-10-13-16-19-22-24-25-26-27-28-29-30-31-33-35-38-41-44-47-50-56(59)62-53-54(52-61-55(58)49-46-43-40-37-34-21-18-15-12-9-6-3)63-57(60)51-48-45-42-39-36-32-23-20-17-14-11-8-5-2/h7-8,10-11,16-17,19-20,24-25,27-28,30-32,35-36,38,54H,4-6,9,12-15,18,21-23,26,29,33-34,37,39-53H2,1-3H3/b10-7-,11-8-,19-16-,20-17-,25-24-,28-27-,31-30-,36-32-,38-35-. The molecule has 0 aromatic rings. The van der Waals surface area contributed by atoms with E-state index in [2.05, 4.69) is 130 Å². The van der Waals surface area contributed by atoms with Gasteiger partial charge in [0.1, 0.15) is 13.2 Å². The van der Waals surface area contributed by atoms with Gasteiger partial charge in [-0.1, -0.05) is 201 Å². The highest BCUT2D eigenvalue weighted by atomic mass is 16.6. The lowest BCUT2D eigenvalue weighted by molar-refractivity contribution is -0.167. The van der Waals surface area contributed by atoms with Crippen LogP contribution in [0.1, 0.15) is 213 Å². The van der Waals surface area contributed by atoms with E-state index >= 15 is 0 Å². The van der Waals surface area contributed by atoms with E-state index in [1.807, 2.05) is 0 Å². The highest BCUT2D eigenvalue weighted by molar-refractivity contribution is 5.71. The molecule has 0 radical (unpaired) electrons. The van der Waals surface area contributed by atoms with Crippen molar-refractivity contribution in [2.24, 2.45) is 0 Å². The molecule has 6 heteroatoms. The first-order chi connectivity index (χ1) is 31.0. The molecule has 0 fully saturated rings. The number of carbonyl (C=O) groups excluding carboxylic acids is 3. The molecule has 0 aromatic heterocycles. The minimum absolute atomic E-state index is 0.104. The van der Waals surface area contributed by atoms with Gasteiger partial charge in [-0.05, 0) is 103 Å². The fourth-order valence-corrected chi connectivity index (χ4v) is 6.52. The number of esters is 3. The second-order valence-electron chi connectivity index (χ2n) is 16.3. The van der Waals surface area contributed by atoms with Crippen molar-refractivity contribution in [2.45, 2.75) is 219 Å². The molecule has 0 heterocycles. The van der Waals surface area contributed by atoms with Crippen LogP contribution in [0, 0.1) is 0 Å². The average molecular weight is 873 g/mol. The van der Waals surface area contributed by atoms with Crippen molar-refractivity contribution in [2.75, 3.05) is 13.2 Å². The highest BCUT2D eigenvalue weighted by Crippen LogP contribution is 2.13. The molecule has 0 rings (SSSR count). The summed E-state index contributed by atoms with van der Waals surface area (Å²) in [7, 11) is 0. The topological polar surface area (TPSA) is 78.9 Å². The molecule has 0 bridgehead atoms. The maximum Gasteiger partial charge on any atom is 0.306 e. The number of ether oxygens (including phenoxy) is 3. The SMILES string of the molecule is CC/C=C\C/C=C\C/C=C\C/C=C\C/C=C\C/C=C\CCCCC(=O)OCC(COC(=O)CCCCCCCCCCCCC)OC(=O)CCCCC/C=C\C/C=C\C/C=C\CC. The summed E-state index contributed by atoms with van der Waals surface area (Å²) in [5, 5.41) is 0. The smallest absolute Gasteiger partial charge is 0.306 e. The summed E-state index contributed by atoms with van der Waals surface area (Å²) in [6.45, 7) is 6.32. The molecule has 0 saturated carbocycles. The minimum Gasteiger partial charge on any atom is -0.462 e. The quantitative estimate of drug-likeness (QED) is 0.0263. The van der Waals surface area contributed by atoms with Crippen molar-refractivity contribution >= 4 is 17.9 Å². The first-order valence-corrected chi connectivity index (χ1v) is 25.4. The fourth-order valence-electron chi connectivity index (χ4n) is 6.52. The lowest BCUT2D eigenvalue weighted by atomic mass is 10.1. The van der Waals surface area contributed by atoms with E-state index in [9.17, 15) is 14.4 Å². The van der Waals surface area contributed by atoms with Crippen LogP contribution in [0.3, 0.4) is 0 Å². The maximum atomic E-state index is 12.8. The molecule has 0 aliphatic carbocycles. The Balaban J connectivity index is 4.48. The van der Waals surface area contributed by atoms with Crippen molar-refractivity contribution in [3.8, 4) is 0 Å². The van der Waals surface area contributed by atoms with Gasteiger partial charge in [0.25, 0.3) is 0 Å². The monoisotopic (exact) mass is 873 g/mol. The van der Waals surface area contributed by atoms with E-state index in [1.165, 1.54) is 51.4 Å². The first-order valence-electron chi connectivity index (χ1n) is 25.4. The molecule has 0 aliphatic rings. The molecule has 0 N–H and O–H groups in total. The molecule has 0 aromatic carbocycles. The predicted molar refractivity (Wildman–Crippen MR) is 270 cm³/mol. The van der Waals surface area contributed by atoms with Gasteiger partial charge in [0.2, 0.25) is 0 Å². The fraction of sp³-hybridized carbons (Fsp3) is 0.632. The zero-order valence-corrected chi connectivity index (χ0v) is 40.5. The van der Waals surface area contributed by atoms with Gasteiger partial charge in [0.05, 0.1) is 0 Å². The van der Waals surface area contributed by atoms with Crippen LogP contribution >= 0.6 is 0 Å². The molecular weight excluding hydrogens is 781 g/mol. The minimum atomic E-state index is -0.810. The second kappa shape index (κ2) is 50.7. The molecule has 6 nitrogen and oxygen atoms in total. The highest BCUT2D eigenvalue weighted by Gasteiger charge is 2.19. The number of unbranched alkanes of at least 4 members (excludes halogenated alkanes) is 15. The summed E-state index contributed by atoms with van der Waals surface area (Å²) in [5.74, 6) is -0.987. The summed E-state index contributed by atoms with van der Waals surface area (Å²) in [6, 6.07) is 0. The van der Waals surface area contributed by atoms with Crippen LogP contribution in [0.15, 0.2) is 109 Å². The van der Waals surface area contributed by atoms with Crippen molar-refractivity contribution < 1.29 is 28.6 Å². The van der Waals surface area contributed by atoms with Crippen LogP contribution in [0.25, 0.3) is 0 Å². The summed E-state index contributed by atoms with van der Waals surface area (Å²) in [4.78, 5) is 37.9. The lowest BCUT2D eigenvalue weighted by Gasteiger charge is -2.18. The van der Waals surface area contributed by atoms with Gasteiger partial charge >= 0.3 is 17.9 Å². The number of allylic oxidation sites excluding steroid dienone is 18. The maximum absolute atomic E-state index is 12.8. The average Bonchev–Trinajstić information content (AvgIpc) is 3.28. The Morgan fingerprint density at radius 3 is 1.00 bits per heavy atom. The van der Waals surface area contributed by atoms with E-state index in [-0.39, 0.29) is 37.5 Å². The molecule has 0 aliphatic heterocycles. The van der Waals surface area contributed by atoms with E-state index in [1.54, 1.807) is 0 Å². The molecule has 0 spiro atoms. The van der Waals surface area contributed by atoms with Crippen LogP contribution in [-0.2, 0) is 28.6 Å². The van der Waals surface area contributed by atoms with Crippen molar-refractivity contribution in [1.82, 2.24) is 0 Å². The van der Waals surface area contributed by atoms with Crippen LogP contribution in [0.4, 0.5) is 0 Å². The van der Waals surface area contributed by atoms with Gasteiger partial charge in [0, 0.05) is 19.3 Å². The first kappa shape index (κ1) is 59.1. The summed E-state index contributed by atoms with van der Waals surface area (Å²) < 4.78 is 16.7. The van der Waals surface area contributed by atoms with Gasteiger partial charge in [0.15, 0.2) is 6.10 Å². The van der Waals surface area contributed by atoms with Crippen LogP contribution < -0.4 is 0 Å². The number of carbonyl (C=O) groups is 3. The van der Waals surface area contributed by atoms with E-state index in [0.29, 0.717) is 19.3 Å². The molecule has 356 valence electrons. The zero-order valence-electron chi connectivity index (χ0n) is 40.5. The molecule has 0 amide bonds. The second-order valence-corrected chi connectivity index (χ2v) is 16.3. The Morgan fingerprint density at radius 2 is 0.619 bits per heavy atom. The van der Waals surface area contributed by atoms with Crippen molar-refractivity contribution in [3.05, 3.63) is 109 Å². The Morgan fingerprint density at radius 1 is 0.333 bits per heavy atom. The summed E-state index contributed by atoms with van der Waals surface area (Å²) in [5.41, 5.74) is 0. The Bertz CT molecular complexity index is 1330. The van der Waals surface area contributed by atoms with E-state index in [0.717, 1.165) is 116 Å². The third kappa shape index (κ3) is 49.0. The van der Waals surface area contributed by atoms with Gasteiger partial charge in [-0.25, -0.2) is 0 Å². The Kier molecular flexibility index (Phi) is 47.5. The summed E-state index contributed by atoms with van der Waals surface area (Å²) >= 11 is 0. The lowest BCUT2D eigenvalue weighted by Crippen LogP contribution is -2.30. The summed E-state index contributed by atoms with van der Waals surface area (Å²) in [6.07, 6.45) is 67.9. The molecule has 0 saturated heterocycles. The van der Waals surface area contributed by atoms with E-state index < -0.39 is 6.10 Å². The Hall–Kier alpha value is -3.93. The van der Waals surface area contributed by atoms with Gasteiger partial charge in [-0.2, -0.15) is 0 Å². The number of hydrogen-bond donors (Lipinski definition) is 0. The van der Waals surface area contributed by atoms with Gasteiger partial charge in [-0.3, -0.25) is 14.4 Å². The normalized spacial score (nSPS) is 13.0. The van der Waals surface area contributed by atoms with Gasteiger partial charge in [-0.15, -0.1) is 0 Å². The molecule has 1 atom stereocenters. The third-order valence-corrected chi connectivity index (χ3v) is 10.3. The number of rotatable bonds is 44. The predicted octanol–water partition coefficient (Wildman–Crippen LogP) is 16.8. The largest absolute Gasteiger partial charge is 0.462 e. The Labute approximate surface area is 387 Å². The van der Waals surface area contributed by atoms with Crippen molar-refractivity contribution in [1.29, 1.82) is 0 Å². The van der Waals surface area contributed by atoms with Crippen LogP contribution in [0.5, 0.6) is 0 Å². The zero-order chi connectivity index (χ0) is 45.8. The van der Waals surface area contributed by atoms with E-state index in [4.69, 9.17) is 14.2 Å². The molecular formula is C57H92O6. The molecule has 63 heavy (non-hydrogen) atoms. The third-order valence-electron chi connectivity index (χ3n) is 10.3. The van der Waals surface area contributed by atoms with Crippen LogP contribution in [0.2, 0.25) is 0 Å². The van der Waals surface area contributed by atoms with Crippen LogP contribution in [-0.4, -0.2) is 37.2 Å². The van der Waals surface area contributed by atoms with Crippen molar-refractivity contribution in [3.63, 3.8) is 0 Å².